The van der Waals surface area contributed by atoms with Crippen molar-refractivity contribution in [3.8, 4) is 0 Å². The van der Waals surface area contributed by atoms with Crippen LogP contribution < -0.4 is 9.62 Å². The van der Waals surface area contributed by atoms with Crippen molar-refractivity contribution in [2.24, 2.45) is 0 Å². The lowest BCUT2D eigenvalue weighted by Crippen LogP contribution is -2.51. The monoisotopic (exact) mass is 517 g/mol. The Balaban J connectivity index is 2.40. The van der Waals surface area contributed by atoms with Crippen molar-refractivity contribution in [3.05, 3.63) is 63.9 Å². The van der Waals surface area contributed by atoms with Gasteiger partial charge < -0.3 is 10.2 Å². The van der Waals surface area contributed by atoms with Gasteiger partial charge in [-0.1, -0.05) is 48.3 Å². The van der Waals surface area contributed by atoms with Crippen molar-refractivity contribution in [1.82, 2.24) is 10.2 Å². The number of rotatable bonds is 10. The fourth-order valence-electron chi connectivity index (χ4n) is 3.04. The number of sulfonamides is 1. The molecule has 0 heterocycles. The molecule has 0 aliphatic rings. The van der Waals surface area contributed by atoms with Gasteiger partial charge in [0.05, 0.1) is 17.0 Å². The normalized spacial score (nSPS) is 12.2. The minimum atomic E-state index is -3.94. The number of carbonyl (C=O) groups is 2. The molecule has 0 aliphatic heterocycles. The number of hydrogen-bond acceptors (Lipinski definition) is 4. The second kappa shape index (κ2) is 11.7. The zero-order valence-corrected chi connectivity index (χ0v) is 20.8. The maximum Gasteiger partial charge on any atom is 0.244 e. The second-order valence-corrected chi connectivity index (χ2v) is 10.2. The van der Waals surface area contributed by atoms with Crippen LogP contribution in [0, 0.1) is 5.82 Å². The molecule has 1 atom stereocenters. The summed E-state index contributed by atoms with van der Waals surface area (Å²) >= 11 is 12.1. The lowest BCUT2D eigenvalue weighted by atomic mass is 10.1. The SMILES string of the molecule is CCCNC(=O)C(C)N(Cc1ccccc1Cl)C(=O)CN(c1ccc(F)c(Cl)c1)S(C)(=O)=O. The molecule has 2 rings (SSSR count). The van der Waals surface area contributed by atoms with Crippen molar-refractivity contribution >= 4 is 50.7 Å². The molecule has 180 valence electrons. The molecule has 0 spiro atoms. The van der Waals surface area contributed by atoms with Crippen LogP contribution >= 0.6 is 23.2 Å². The minimum Gasteiger partial charge on any atom is -0.354 e. The van der Waals surface area contributed by atoms with Gasteiger partial charge in [0.15, 0.2) is 0 Å². The summed E-state index contributed by atoms with van der Waals surface area (Å²) in [6.45, 7) is 3.26. The first-order valence-corrected chi connectivity index (χ1v) is 12.8. The molecule has 1 N–H and O–H groups in total. The number of anilines is 1. The van der Waals surface area contributed by atoms with E-state index in [1.807, 2.05) is 6.92 Å². The first-order chi connectivity index (χ1) is 15.5. The largest absolute Gasteiger partial charge is 0.354 e. The van der Waals surface area contributed by atoms with Crippen LogP contribution in [0.15, 0.2) is 42.5 Å². The van der Waals surface area contributed by atoms with E-state index in [0.29, 0.717) is 23.6 Å². The maximum absolute atomic E-state index is 13.6. The van der Waals surface area contributed by atoms with Crippen LogP contribution in [0.3, 0.4) is 0 Å². The predicted octanol–water partition coefficient (Wildman–Crippen LogP) is 3.84. The Morgan fingerprint density at radius 1 is 1.12 bits per heavy atom. The van der Waals surface area contributed by atoms with E-state index >= 15 is 0 Å². The highest BCUT2D eigenvalue weighted by Gasteiger charge is 2.30. The van der Waals surface area contributed by atoms with Gasteiger partial charge in [-0.05, 0) is 43.2 Å². The van der Waals surface area contributed by atoms with Crippen molar-refractivity contribution < 1.29 is 22.4 Å². The zero-order chi connectivity index (χ0) is 24.8. The van der Waals surface area contributed by atoms with Crippen molar-refractivity contribution in [2.75, 3.05) is 23.7 Å². The first-order valence-electron chi connectivity index (χ1n) is 10.2. The van der Waals surface area contributed by atoms with Gasteiger partial charge in [-0.25, -0.2) is 12.8 Å². The molecular formula is C22H26Cl2FN3O4S. The van der Waals surface area contributed by atoms with Crippen LogP contribution in [0.4, 0.5) is 10.1 Å². The summed E-state index contributed by atoms with van der Waals surface area (Å²) in [7, 11) is -3.94. The molecule has 2 amide bonds. The summed E-state index contributed by atoms with van der Waals surface area (Å²) in [5.74, 6) is -1.74. The maximum atomic E-state index is 13.6. The fraction of sp³-hybridized carbons (Fsp3) is 0.364. The highest BCUT2D eigenvalue weighted by atomic mass is 35.5. The molecule has 0 saturated heterocycles. The quantitative estimate of drug-likeness (QED) is 0.518. The van der Waals surface area contributed by atoms with E-state index in [1.54, 1.807) is 31.2 Å². The van der Waals surface area contributed by atoms with E-state index in [-0.39, 0.29) is 23.2 Å². The number of carbonyl (C=O) groups excluding carboxylic acids is 2. The molecule has 7 nitrogen and oxygen atoms in total. The Morgan fingerprint density at radius 2 is 1.79 bits per heavy atom. The van der Waals surface area contributed by atoms with E-state index in [4.69, 9.17) is 23.2 Å². The Hall–Kier alpha value is -2.36. The van der Waals surface area contributed by atoms with Crippen molar-refractivity contribution in [3.63, 3.8) is 0 Å². The summed E-state index contributed by atoms with van der Waals surface area (Å²) < 4.78 is 39.3. The molecule has 2 aromatic rings. The highest BCUT2D eigenvalue weighted by molar-refractivity contribution is 7.92. The minimum absolute atomic E-state index is 0.0129. The van der Waals surface area contributed by atoms with Gasteiger partial charge in [0, 0.05) is 18.1 Å². The van der Waals surface area contributed by atoms with Gasteiger partial charge in [0.25, 0.3) is 0 Å². The Labute approximate surface area is 203 Å². The predicted molar refractivity (Wildman–Crippen MR) is 128 cm³/mol. The van der Waals surface area contributed by atoms with Gasteiger partial charge in [-0.2, -0.15) is 0 Å². The van der Waals surface area contributed by atoms with Crippen LogP contribution in [-0.4, -0.2) is 50.5 Å². The second-order valence-electron chi connectivity index (χ2n) is 7.45. The van der Waals surface area contributed by atoms with Crippen molar-refractivity contribution in [1.29, 1.82) is 0 Å². The molecule has 0 radical (unpaired) electrons. The number of nitrogens with zero attached hydrogens (tertiary/aromatic N) is 2. The molecule has 0 fully saturated rings. The third kappa shape index (κ3) is 7.31. The molecular weight excluding hydrogens is 492 g/mol. The Kier molecular flexibility index (Phi) is 9.51. The fourth-order valence-corrected chi connectivity index (χ4v) is 4.25. The average molecular weight is 518 g/mol. The van der Waals surface area contributed by atoms with E-state index in [1.165, 1.54) is 11.0 Å². The van der Waals surface area contributed by atoms with Crippen LogP contribution in [0.1, 0.15) is 25.8 Å². The summed E-state index contributed by atoms with van der Waals surface area (Å²) in [6, 6.07) is 9.31. The van der Waals surface area contributed by atoms with E-state index in [9.17, 15) is 22.4 Å². The number of halogens is 3. The van der Waals surface area contributed by atoms with Crippen LogP contribution in [0.25, 0.3) is 0 Å². The number of amides is 2. The Morgan fingerprint density at radius 3 is 2.36 bits per heavy atom. The van der Waals surface area contributed by atoms with Gasteiger partial charge >= 0.3 is 0 Å². The Bertz CT molecular complexity index is 1110. The van der Waals surface area contributed by atoms with Crippen LogP contribution in [0.5, 0.6) is 0 Å². The van der Waals surface area contributed by atoms with Crippen LogP contribution in [-0.2, 0) is 26.2 Å². The van der Waals surface area contributed by atoms with E-state index in [2.05, 4.69) is 5.32 Å². The van der Waals surface area contributed by atoms with Gasteiger partial charge in [-0.3, -0.25) is 13.9 Å². The zero-order valence-electron chi connectivity index (χ0n) is 18.5. The molecule has 0 bridgehead atoms. The lowest BCUT2D eigenvalue weighted by molar-refractivity contribution is -0.139. The van der Waals surface area contributed by atoms with Gasteiger partial charge in [0.1, 0.15) is 18.4 Å². The molecule has 1 unspecified atom stereocenters. The van der Waals surface area contributed by atoms with Crippen molar-refractivity contribution in [2.45, 2.75) is 32.9 Å². The average Bonchev–Trinajstić information content (AvgIpc) is 2.75. The summed E-state index contributed by atoms with van der Waals surface area (Å²) in [4.78, 5) is 27.2. The number of benzene rings is 2. The topological polar surface area (TPSA) is 86.8 Å². The van der Waals surface area contributed by atoms with Crippen LogP contribution in [0.2, 0.25) is 10.0 Å². The standard InChI is InChI=1S/C22H26Cl2FN3O4S/c1-4-11-26-22(30)15(2)27(13-16-7-5-6-8-18(16)23)21(29)14-28(33(3,31)32)17-9-10-20(25)19(24)12-17/h5-10,12,15H,4,11,13-14H2,1-3H3,(H,26,30). The van der Waals surface area contributed by atoms with Gasteiger partial charge in [0.2, 0.25) is 21.8 Å². The van der Waals surface area contributed by atoms with Gasteiger partial charge in [-0.15, -0.1) is 0 Å². The molecule has 11 heteroatoms. The summed E-state index contributed by atoms with van der Waals surface area (Å²) in [6.07, 6.45) is 1.64. The number of nitrogens with one attached hydrogen (secondary N) is 1. The third-order valence-corrected chi connectivity index (χ3v) is 6.68. The summed E-state index contributed by atoms with van der Waals surface area (Å²) in [5.41, 5.74) is 0.622. The number of hydrogen-bond donors (Lipinski definition) is 1. The lowest BCUT2D eigenvalue weighted by Gasteiger charge is -2.31. The molecule has 0 saturated carbocycles. The highest BCUT2D eigenvalue weighted by Crippen LogP contribution is 2.25. The molecule has 33 heavy (non-hydrogen) atoms. The third-order valence-electron chi connectivity index (χ3n) is 4.89. The molecule has 0 aromatic heterocycles. The first kappa shape index (κ1) is 26.9. The van der Waals surface area contributed by atoms with E-state index < -0.39 is 34.3 Å². The summed E-state index contributed by atoms with van der Waals surface area (Å²) in [5, 5.41) is 2.86. The van der Waals surface area contributed by atoms with E-state index in [0.717, 1.165) is 22.7 Å². The molecule has 0 aliphatic carbocycles. The smallest absolute Gasteiger partial charge is 0.244 e. The molecule has 2 aromatic carbocycles.